The number of carbonyl (C=O) groups is 8. The van der Waals surface area contributed by atoms with Gasteiger partial charge in [0.15, 0.2) is 0 Å². The lowest BCUT2D eigenvalue weighted by Crippen LogP contribution is -2.59. The predicted octanol–water partition coefficient (Wildman–Crippen LogP) is -4.29. The summed E-state index contributed by atoms with van der Waals surface area (Å²) in [7, 11) is 0. The van der Waals surface area contributed by atoms with Crippen molar-refractivity contribution in [2.75, 3.05) is 12.3 Å². The van der Waals surface area contributed by atoms with Crippen LogP contribution in [0.3, 0.4) is 0 Å². The van der Waals surface area contributed by atoms with Crippen LogP contribution < -0.4 is 27.0 Å². The number of hydrogen-bond acceptors (Lipinski definition) is 10. The summed E-state index contributed by atoms with van der Waals surface area (Å²) >= 11 is 3.82. The van der Waals surface area contributed by atoms with E-state index < -0.39 is 97.5 Å². The molecule has 18 heteroatoms. The molecule has 0 aromatic carbocycles. The van der Waals surface area contributed by atoms with E-state index in [1.54, 1.807) is 0 Å². The highest BCUT2D eigenvalue weighted by atomic mass is 32.1. The summed E-state index contributed by atoms with van der Waals surface area (Å²) in [4.78, 5) is 93.7. The molecular weight excluding hydrogens is 510 g/mol. The number of amides is 4. The Labute approximate surface area is 208 Å². The number of carboxylic acids is 4. The molecule has 10 N–H and O–H groups in total. The van der Waals surface area contributed by atoms with Gasteiger partial charge in [0.2, 0.25) is 23.6 Å². The molecule has 0 aliphatic rings. The number of nitrogens with one attached hydrogen (secondary N) is 4. The first-order valence-corrected chi connectivity index (χ1v) is 10.7. The maximum Gasteiger partial charge on any atom is 0.327 e. The molecule has 0 bridgehead atoms. The van der Waals surface area contributed by atoms with E-state index >= 15 is 0 Å². The van der Waals surface area contributed by atoms with Crippen LogP contribution in [-0.4, -0.2) is 104 Å². The van der Waals surface area contributed by atoms with Crippen LogP contribution in [0.1, 0.15) is 25.7 Å². The molecule has 0 rings (SSSR count). The molecule has 0 aliphatic carbocycles. The van der Waals surface area contributed by atoms with Crippen LogP contribution in [-0.2, 0) is 38.4 Å². The van der Waals surface area contributed by atoms with Crippen LogP contribution in [0.4, 0.5) is 0 Å². The van der Waals surface area contributed by atoms with E-state index in [0.29, 0.717) is 0 Å². The van der Waals surface area contributed by atoms with Crippen LogP contribution in [0, 0.1) is 0 Å². The minimum atomic E-state index is -1.94. The van der Waals surface area contributed by atoms with Gasteiger partial charge in [-0.3, -0.25) is 33.6 Å². The fourth-order valence-electron chi connectivity index (χ4n) is 2.56. The number of nitrogens with two attached hydrogens (primary N) is 1. The third-order valence-electron chi connectivity index (χ3n) is 4.24. The third kappa shape index (κ3) is 12.5. The van der Waals surface area contributed by atoms with E-state index in [-0.39, 0.29) is 12.2 Å². The first kappa shape index (κ1) is 32.1. The standard InChI is InChI=1S/C18H27N5O12S/c19-6-10(18(34)35)23-17(33)9(5-14(29)30)22-16(32)8(4-13(27)28)21-15(31)7(3-12(25)26)20-11(24)1-2-36/h7-10,36H,1-6,19H2,(H,20,24)(H,21,31)(H,22,32)(H,23,33)(H,25,26)(H,27,28)(H,29,30)(H,34,35). The van der Waals surface area contributed by atoms with Gasteiger partial charge in [0.1, 0.15) is 24.2 Å². The normalized spacial score (nSPS) is 13.7. The largest absolute Gasteiger partial charge is 0.481 e. The Kier molecular flexibility index (Phi) is 14.1. The summed E-state index contributed by atoms with van der Waals surface area (Å²) in [6.45, 7) is -0.573. The smallest absolute Gasteiger partial charge is 0.327 e. The summed E-state index contributed by atoms with van der Waals surface area (Å²) in [6.07, 6.45) is -3.24. The first-order valence-electron chi connectivity index (χ1n) is 10.1. The Balaban J connectivity index is 5.74. The molecule has 4 atom stereocenters. The lowest BCUT2D eigenvalue weighted by Gasteiger charge is -2.24. The maximum absolute atomic E-state index is 12.7. The molecule has 0 aromatic rings. The van der Waals surface area contributed by atoms with Crippen molar-refractivity contribution in [3.8, 4) is 0 Å². The van der Waals surface area contributed by atoms with Crippen molar-refractivity contribution in [2.24, 2.45) is 5.73 Å². The second-order valence-electron chi connectivity index (χ2n) is 7.14. The Morgan fingerprint density at radius 2 is 0.944 bits per heavy atom. The molecular formula is C18H27N5O12S. The molecule has 4 unspecified atom stereocenters. The molecule has 0 aromatic heterocycles. The molecule has 202 valence electrons. The van der Waals surface area contributed by atoms with Gasteiger partial charge in [-0.15, -0.1) is 0 Å². The van der Waals surface area contributed by atoms with Crippen LogP contribution in [0.25, 0.3) is 0 Å². The molecule has 4 amide bonds. The van der Waals surface area contributed by atoms with Gasteiger partial charge in [0, 0.05) is 13.0 Å². The van der Waals surface area contributed by atoms with Crippen molar-refractivity contribution in [3.05, 3.63) is 0 Å². The summed E-state index contributed by atoms with van der Waals surface area (Å²) < 4.78 is 0. The maximum atomic E-state index is 12.7. The minimum Gasteiger partial charge on any atom is -0.481 e. The number of aliphatic carboxylic acids is 4. The zero-order valence-corrected chi connectivity index (χ0v) is 19.5. The van der Waals surface area contributed by atoms with E-state index in [9.17, 15) is 38.4 Å². The molecule has 17 nitrogen and oxygen atoms in total. The average Bonchev–Trinajstić information content (AvgIpc) is 2.74. The Bertz CT molecular complexity index is 883. The number of hydrogen-bond donors (Lipinski definition) is 10. The molecule has 0 heterocycles. The minimum absolute atomic E-state index is 0.0667. The quantitative estimate of drug-likeness (QED) is 0.0787. The Morgan fingerprint density at radius 1 is 0.611 bits per heavy atom. The van der Waals surface area contributed by atoms with Crippen molar-refractivity contribution in [1.29, 1.82) is 0 Å². The Morgan fingerprint density at radius 3 is 1.22 bits per heavy atom. The van der Waals surface area contributed by atoms with E-state index in [1.165, 1.54) is 0 Å². The van der Waals surface area contributed by atoms with Gasteiger partial charge < -0.3 is 47.4 Å². The fraction of sp³-hybridized carbons (Fsp3) is 0.556. The van der Waals surface area contributed by atoms with E-state index in [2.05, 4.69) is 17.9 Å². The van der Waals surface area contributed by atoms with Gasteiger partial charge in [-0.05, 0) is 5.75 Å². The van der Waals surface area contributed by atoms with E-state index in [4.69, 9.17) is 26.2 Å². The SMILES string of the molecule is NCC(NC(=O)C(CC(=O)O)NC(=O)C(CC(=O)O)NC(=O)C(CC(=O)O)NC(=O)CCS)C(=O)O. The zero-order valence-electron chi connectivity index (χ0n) is 18.6. The summed E-state index contributed by atoms with van der Waals surface area (Å²) in [5.41, 5.74) is 5.21. The zero-order chi connectivity index (χ0) is 28.0. The van der Waals surface area contributed by atoms with Crippen molar-refractivity contribution < 1.29 is 58.8 Å². The van der Waals surface area contributed by atoms with Gasteiger partial charge in [-0.2, -0.15) is 12.6 Å². The van der Waals surface area contributed by atoms with Crippen molar-refractivity contribution in [1.82, 2.24) is 21.3 Å². The number of carboxylic acid groups (broad SMARTS) is 4. The van der Waals surface area contributed by atoms with Crippen LogP contribution in [0.5, 0.6) is 0 Å². The monoisotopic (exact) mass is 537 g/mol. The number of carbonyl (C=O) groups excluding carboxylic acids is 4. The van der Waals surface area contributed by atoms with Gasteiger partial charge in [-0.1, -0.05) is 0 Å². The van der Waals surface area contributed by atoms with Crippen molar-refractivity contribution in [2.45, 2.75) is 49.9 Å². The molecule has 0 saturated heterocycles. The third-order valence-corrected chi connectivity index (χ3v) is 4.47. The topological polar surface area (TPSA) is 292 Å². The van der Waals surface area contributed by atoms with Crippen LogP contribution >= 0.6 is 12.6 Å². The van der Waals surface area contributed by atoms with Gasteiger partial charge in [0.05, 0.1) is 19.3 Å². The molecule has 0 aliphatic heterocycles. The van der Waals surface area contributed by atoms with Crippen LogP contribution in [0.2, 0.25) is 0 Å². The molecule has 0 fully saturated rings. The summed E-state index contributed by atoms with van der Waals surface area (Å²) in [5, 5.41) is 43.9. The van der Waals surface area contributed by atoms with E-state index in [1.807, 2.05) is 16.0 Å². The molecule has 36 heavy (non-hydrogen) atoms. The molecule has 0 radical (unpaired) electrons. The van der Waals surface area contributed by atoms with Gasteiger partial charge >= 0.3 is 23.9 Å². The predicted molar refractivity (Wildman–Crippen MR) is 120 cm³/mol. The second kappa shape index (κ2) is 15.9. The highest BCUT2D eigenvalue weighted by Gasteiger charge is 2.33. The van der Waals surface area contributed by atoms with Crippen LogP contribution in [0.15, 0.2) is 0 Å². The average molecular weight is 538 g/mol. The van der Waals surface area contributed by atoms with E-state index in [0.717, 1.165) is 0 Å². The summed E-state index contributed by atoms with van der Waals surface area (Å²) in [6, 6.07) is -7.18. The first-order chi connectivity index (χ1) is 16.7. The van der Waals surface area contributed by atoms with Gasteiger partial charge in [-0.25, -0.2) is 4.79 Å². The van der Waals surface area contributed by atoms with Gasteiger partial charge in [0.25, 0.3) is 0 Å². The molecule has 0 saturated carbocycles. The Hall–Kier alpha value is -3.93. The highest BCUT2D eigenvalue weighted by molar-refractivity contribution is 7.80. The molecule has 0 spiro atoms. The summed E-state index contributed by atoms with van der Waals surface area (Å²) in [5.74, 6) is -10.8. The van der Waals surface area contributed by atoms with Crippen molar-refractivity contribution in [3.63, 3.8) is 0 Å². The lowest BCUT2D eigenvalue weighted by atomic mass is 10.1. The number of thiol groups is 1. The second-order valence-corrected chi connectivity index (χ2v) is 7.59. The lowest BCUT2D eigenvalue weighted by molar-refractivity contribution is -0.145. The number of rotatable bonds is 17. The highest BCUT2D eigenvalue weighted by Crippen LogP contribution is 2.02. The fourth-order valence-corrected chi connectivity index (χ4v) is 2.76. The van der Waals surface area contributed by atoms with Crippen molar-refractivity contribution >= 4 is 60.1 Å².